The van der Waals surface area contributed by atoms with Crippen LogP contribution in [0.3, 0.4) is 0 Å². The van der Waals surface area contributed by atoms with Crippen molar-refractivity contribution in [2.45, 2.75) is 32.7 Å². The number of hydrogen-bond donors (Lipinski definition) is 1. The number of nitrogens with zero attached hydrogens (tertiary/aromatic N) is 2. The van der Waals surface area contributed by atoms with E-state index in [2.05, 4.69) is 29.0 Å². The van der Waals surface area contributed by atoms with E-state index < -0.39 is 0 Å². The van der Waals surface area contributed by atoms with E-state index in [1.807, 2.05) is 7.05 Å². The summed E-state index contributed by atoms with van der Waals surface area (Å²) in [5.74, 6) is 2.29. The first kappa shape index (κ1) is 13.8. The minimum atomic E-state index is 0.463. The molecule has 2 heterocycles. The van der Waals surface area contributed by atoms with Gasteiger partial charge in [-0.15, -0.1) is 0 Å². The Kier molecular flexibility index (Phi) is 4.23. The number of pyridine rings is 1. The summed E-state index contributed by atoms with van der Waals surface area (Å²) in [4.78, 5) is 6.82. The summed E-state index contributed by atoms with van der Waals surface area (Å²) < 4.78 is 0. The lowest BCUT2D eigenvalue weighted by atomic mass is 9.93. The molecule has 0 spiro atoms. The third-order valence-corrected chi connectivity index (χ3v) is 4.12. The number of aromatic nitrogens is 1. The fourth-order valence-corrected chi connectivity index (χ4v) is 3.12. The minimum absolute atomic E-state index is 0.463. The minimum Gasteiger partial charge on any atom is -0.372 e. The summed E-state index contributed by atoms with van der Waals surface area (Å²) in [6.07, 6.45) is 2.36. The van der Waals surface area contributed by atoms with E-state index in [0.29, 0.717) is 21.9 Å². The van der Waals surface area contributed by atoms with E-state index >= 15 is 0 Å². The van der Waals surface area contributed by atoms with Gasteiger partial charge in [-0.2, -0.15) is 0 Å². The van der Waals surface area contributed by atoms with Crippen LogP contribution in [0.1, 0.15) is 26.7 Å². The van der Waals surface area contributed by atoms with Crippen LogP contribution in [0.2, 0.25) is 10.0 Å². The highest BCUT2D eigenvalue weighted by molar-refractivity contribution is 6.37. The molecule has 0 amide bonds. The second-order valence-electron chi connectivity index (χ2n) is 5.05. The Morgan fingerprint density at radius 2 is 2.06 bits per heavy atom. The van der Waals surface area contributed by atoms with Crippen LogP contribution in [0.25, 0.3) is 0 Å². The van der Waals surface area contributed by atoms with Gasteiger partial charge >= 0.3 is 0 Å². The topological polar surface area (TPSA) is 28.2 Å². The Hall–Kier alpha value is -0.670. The summed E-state index contributed by atoms with van der Waals surface area (Å²) in [7, 11) is 1.81. The molecule has 0 bridgehead atoms. The first-order chi connectivity index (χ1) is 8.52. The smallest absolute Gasteiger partial charge is 0.150 e. The molecule has 18 heavy (non-hydrogen) atoms. The zero-order valence-electron chi connectivity index (χ0n) is 11.0. The molecule has 1 aliphatic rings. The fraction of sp³-hybridized carbons (Fsp3) is 0.615. The number of hydrogen-bond acceptors (Lipinski definition) is 3. The van der Waals surface area contributed by atoms with Crippen LogP contribution in [0.5, 0.6) is 0 Å². The predicted octanol–water partition coefficient (Wildman–Crippen LogP) is 4.05. The predicted molar refractivity (Wildman–Crippen MR) is 79.0 cm³/mol. The average molecular weight is 288 g/mol. The van der Waals surface area contributed by atoms with Crippen LogP contribution >= 0.6 is 23.2 Å². The standard InChI is InChI=1S/C13H19Cl2N3/c1-8-4-5-18(9(2)6-8)13-11(15)7-10(14)12(16-3)17-13/h7-9H,4-6H2,1-3H3,(H,16,17). The van der Waals surface area contributed by atoms with Gasteiger partial charge in [-0.05, 0) is 31.7 Å². The summed E-state index contributed by atoms with van der Waals surface area (Å²) >= 11 is 12.3. The molecule has 1 N–H and O–H groups in total. The normalized spacial score (nSPS) is 24.2. The number of piperidine rings is 1. The zero-order chi connectivity index (χ0) is 13.3. The molecule has 1 aromatic rings. The van der Waals surface area contributed by atoms with Gasteiger partial charge in [-0.25, -0.2) is 4.98 Å². The molecule has 0 saturated carbocycles. The van der Waals surface area contributed by atoms with Crippen LogP contribution in [-0.2, 0) is 0 Å². The molecular weight excluding hydrogens is 269 g/mol. The first-order valence-corrected chi connectivity index (χ1v) is 7.09. The summed E-state index contributed by atoms with van der Waals surface area (Å²) in [6, 6.07) is 2.23. The van der Waals surface area contributed by atoms with Crippen LogP contribution in [0.4, 0.5) is 11.6 Å². The second-order valence-corrected chi connectivity index (χ2v) is 5.86. The lowest BCUT2D eigenvalue weighted by Gasteiger charge is -2.38. The molecule has 3 nitrogen and oxygen atoms in total. The van der Waals surface area contributed by atoms with Crippen molar-refractivity contribution < 1.29 is 0 Å². The molecule has 1 aromatic heterocycles. The fourth-order valence-electron chi connectivity index (χ4n) is 2.56. The van der Waals surface area contributed by atoms with E-state index in [9.17, 15) is 0 Å². The highest BCUT2D eigenvalue weighted by atomic mass is 35.5. The summed E-state index contributed by atoms with van der Waals surface area (Å²) in [6.45, 7) is 5.52. The van der Waals surface area contributed by atoms with Crippen molar-refractivity contribution in [3.8, 4) is 0 Å². The van der Waals surface area contributed by atoms with Crippen LogP contribution in [0, 0.1) is 5.92 Å². The van der Waals surface area contributed by atoms with E-state index in [-0.39, 0.29) is 0 Å². The molecule has 1 aliphatic heterocycles. The van der Waals surface area contributed by atoms with Gasteiger partial charge in [0, 0.05) is 19.6 Å². The Labute approximate surface area is 118 Å². The molecular formula is C13H19Cl2N3. The molecule has 1 saturated heterocycles. The van der Waals surface area contributed by atoms with Crippen molar-refractivity contribution in [1.29, 1.82) is 0 Å². The van der Waals surface area contributed by atoms with Gasteiger partial charge in [0.15, 0.2) is 0 Å². The third kappa shape index (κ3) is 2.67. The van der Waals surface area contributed by atoms with Crippen LogP contribution < -0.4 is 10.2 Å². The third-order valence-electron chi connectivity index (χ3n) is 3.56. The van der Waals surface area contributed by atoms with Crippen molar-refractivity contribution >= 4 is 34.8 Å². The van der Waals surface area contributed by atoms with Crippen LogP contribution in [0.15, 0.2) is 6.07 Å². The van der Waals surface area contributed by atoms with Gasteiger partial charge in [-0.3, -0.25) is 0 Å². The van der Waals surface area contributed by atoms with E-state index in [1.165, 1.54) is 12.8 Å². The summed E-state index contributed by atoms with van der Waals surface area (Å²) in [5, 5.41) is 4.18. The number of nitrogens with one attached hydrogen (secondary N) is 1. The first-order valence-electron chi connectivity index (χ1n) is 6.33. The molecule has 100 valence electrons. The number of halogens is 2. The van der Waals surface area contributed by atoms with Gasteiger partial charge in [0.05, 0.1) is 10.0 Å². The zero-order valence-corrected chi connectivity index (χ0v) is 12.5. The molecule has 2 unspecified atom stereocenters. The number of rotatable bonds is 2. The number of anilines is 2. The highest BCUT2D eigenvalue weighted by Crippen LogP contribution is 2.35. The SMILES string of the molecule is CNc1nc(N2CCC(C)CC2C)c(Cl)cc1Cl. The average Bonchev–Trinajstić information content (AvgIpc) is 2.30. The van der Waals surface area contributed by atoms with Gasteiger partial charge in [0.25, 0.3) is 0 Å². The monoisotopic (exact) mass is 287 g/mol. The second kappa shape index (κ2) is 5.54. The lowest BCUT2D eigenvalue weighted by Crippen LogP contribution is -2.41. The Balaban J connectivity index is 2.32. The largest absolute Gasteiger partial charge is 0.372 e. The highest BCUT2D eigenvalue weighted by Gasteiger charge is 2.26. The molecule has 0 aliphatic carbocycles. The van der Waals surface area contributed by atoms with Crippen molar-refractivity contribution in [3.63, 3.8) is 0 Å². The van der Waals surface area contributed by atoms with Gasteiger partial charge in [0.1, 0.15) is 11.6 Å². The summed E-state index contributed by atoms with van der Waals surface area (Å²) in [5.41, 5.74) is 0. The van der Waals surface area contributed by atoms with Crippen LogP contribution in [-0.4, -0.2) is 24.6 Å². The van der Waals surface area contributed by atoms with Crippen molar-refractivity contribution in [3.05, 3.63) is 16.1 Å². The van der Waals surface area contributed by atoms with Crippen molar-refractivity contribution in [2.75, 3.05) is 23.8 Å². The molecule has 0 aromatic carbocycles. The maximum Gasteiger partial charge on any atom is 0.150 e. The Morgan fingerprint density at radius 3 is 2.67 bits per heavy atom. The van der Waals surface area contributed by atoms with E-state index in [1.54, 1.807) is 6.07 Å². The maximum atomic E-state index is 6.28. The Bertz CT molecular complexity index is 436. The van der Waals surface area contributed by atoms with Crippen molar-refractivity contribution in [1.82, 2.24) is 4.98 Å². The molecule has 2 rings (SSSR count). The molecule has 1 fully saturated rings. The van der Waals surface area contributed by atoms with E-state index in [4.69, 9.17) is 23.2 Å². The van der Waals surface area contributed by atoms with Gasteiger partial charge in [-0.1, -0.05) is 30.1 Å². The van der Waals surface area contributed by atoms with Gasteiger partial charge in [0.2, 0.25) is 0 Å². The lowest BCUT2D eigenvalue weighted by molar-refractivity contribution is 0.376. The van der Waals surface area contributed by atoms with Crippen molar-refractivity contribution in [2.24, 2.45) is 5.92 Å². The van der Waals surface area contributed by atoms with Gasteiger partial charge < -0.3 is 10.2 Å². The molecule has 0 radical (unpaired) electrons. The quantitative estimate of drug-likeness (QED) is 0.889. The molecule has 5 heteroatoms. The van der Waals surface area contributed by atoms with E-state index in [0.717, 1.165) is 18.3 Å². The molecule has 2 atom stereocenters. The maximum absolute atomic E-state index is 6.28. The Morgan fingerprint density at radius 1 is 1.33 bits per heavy atom.